The van der Waals surface area contributed by atoms with Crippen molar-refractivity contribution in [3.05, 3.63) is 12.2 Å². The molecule has 3 nitrogen and oxygen atoms in total. The summed E-state index contributed by atoms with van der Waals surface area (Å²) in [6.07, 6.45) is 14.9. The lowest BCUT2D eigenvalue weighted by Gasteiger charge is -2.03. The van der Waals surface area contributed by atoms with Gasteiger partial charge >= 0.3 is 5.97 Å². The molecule has 0 aliphatic carbocycles. The fraction of sp³-hybridized carbons (Fsp3) is 0.750. The molecule has 0 aliphatic heterocycles. The summed E-state index contributed by atoms with van der Waals surface area (Å²) in [7, 11) is 0. The summed E-state index contributed by atoms with van der Waals surface area (Å²) in [6.45, 7) is 2.10. The molecule has 0 aromatic rings. The van der Waals surface area contributed by atoms with Crippen molar-refractivity contribution in [2.75, 3.05) is 0 Å². The Morgan fingerprint density at radius 2 is 1.79 bits per heavy atom. The molecule has 0 aliphatic rings. The summed E-state index contributed by atoms with van der Waals surface area (Å²) in [5.41, 5.74) is 0. The average Bonchev–Trinajstić information content (AvgIpc) is 2.39. The number of carbonyl (C=O) groups excluding carboxylic acids is 1. The zero-order chi connectivity index (χ0) is 14.3. The highest BCUT2D eigenvalue weighted by Crippen LogP contribution is 2.11. The smallest absolute Gasteiger partial charge is 0.303 e. The number of hydrogen-bond donors (Lipinski definition) is 1. The Morgan fingerprint density at radius 3 is 2.42 bits per heavy atom. The minimum Gasteiger partial charge on any atom is -0.481 e. The standard InChI is InChI=1S/C16H28O3/c1-2-11-15(14-17)12-9-7-5-3-4-6-8-10-13-16(18)19/h7,9,14-15H,2-6,8,10-13H2,1H3,(H,18,19)/b9-7+. The molecule has 0 saturated heterocycles. The van der Waals surface area contributed by atoms with E-state index in [4.69, 9.17) is 5.11 Å². The summed E-state index contributed by atoms with van der Waals surface area (Å²) in [4.78, 5) is 21.0. The van der Waals surface area contributed by atoms with Crippen molar-refractivity contribution in [1.29, 1.82) is 0 Å². The fourth-order valence-corrected chi connectivity index (χ4v) is 2.07. The van der Waals surface area contributed by atoms with Crippen molar-refractivity contribution in [1.82, 2.24) is 0 Å². The third kappa shape index (κ3) is 13.1. The molecule has 1 unspecified atom stereocenters. The van der Waals surface area contributed by atoms with Crippen LogP contribution in [0, 0.1) is 5.92 Å². The molecule has 0 spiro atoms. The third-order valence-electron chi connectivity index (χ3n) is 3.22. The maximum absolute atomic E-state index is 10.7. The van der Waals surface area contributed by atoms with Gasteiger partial charge in [-0.3, -0.25) is 4.79 Å². The summed E-state index contributed by atoms with van der Waals surface area (Å²) < 4.78 is 0. The first-order valence-corrected chi connectivity index (χ1v) is 7.52. The lowest BCUT2D eigenvalue weighted by Crippen LogP contribution is -1.99. The predicted molar refractivity (Wildman–Crippen MR) is 78.2 cm³/mol. The SMILES string of the molecule is CCCC(C=O)C/C=C/CCCCCCCC(=O)O. The first kappa shape index (κ1) is 17.9. The predicted octanol–water partition coefficient (Wildman–Crippen LogP) is 4.36. The molecule has 0 amide bonds. The van der Waals surface area contributed by atoms with Gasteiger partial charge in [-0.25, -0.2) is 0 Å². The van der Waals surface area contributed by atoms with Crippen LogP contribution >= 0.6 is 0 Å². The summed E-state index contributed by atoms with van der Waals surface area (Å²) >= 11 is 0. The van der Waals surface area contributed by atoms with Crippen LogP contribution in [0.5, 0.6) is 0 Å². The van der Waals surface area contributed by atoms with Gasteiger partial charge in [0.05, 0.1) is 0 Å². The lowest BCUT2D eigenvalue weighted by atomic mass is 10.0. The van der Waals surface area contributed by atoms with Gasteiger partial charge in [0.25, 0.3) is 0 Å². The van der Waals surface area contributed by atoms with Gasteiger partial charge in [-0.1, -0.05) is 44.8 Å². The second-order valence-corrected chi connectivity index (χ2v) is 5.09. The maximum atomic E-state index is 10.7. The van der Waals surface area contributed by atoms with Gasteiger partial charge in [0.2, 0.25) is 0 Å². The van der Waals surface area contributed by atoms with E-state index < -0.39 is 5.97 Å². The van der Waals surface area contributed by atoms with E-state index in [2.05, 4.69) is 19.1 Å². The highest BCUT2D eigenvalue weighted by Gasteiger charge is 2.02. The highest BCUT2D eigenvalue weighted by molar-refractivity contribution is 5.66. The molecule has 1 atom stereocenters. The van der Waals surface area contributed by atoms with Crippen molar-refractivity contribution < 1.29 is 14.7 Å². The van der Waals surface area contributed by atoms with Crippen molar-refractivity contribution in [3.63, 3.8) is 0 Å². The average molecular weight is 268 g/mol. The van der Waals surface area contributed by atoms with E-state index in [9.17, 15) is 9.59 Å². The number of aliphatic carboxylic acids is 1. The van der Waals surface area contributed by atoms with E-state index in [0.717, 1.165) is 64.1 Å². The minimum absolute atomic E-state index is 0.192. The quantitative estimate of drug-likeness (QED) is 0.307. The van der Waals surface area contributed by atoms with Crippen LogP contribution in [-0.4, -0.2) is 17.4 Å². The van der Waals surface area contributed by atoms with E-state index in [1.54, 1.807) is 0 Å². The fourth-order valence-electron chi connectivity index (χ4n) is 2.07. The molecule has 0 aromatic carbocycles. The van der Waals surface area contributed by atoms with E-state index in [-0.39, 0.29) is 5.92 Å². The second-order valence-electron chi connectivity index (χ2n) is 5.09. The lowest BCUT2D eigenvalue weighted by molar-refractivity contribution is -0.137. The van der Waals surface area contributed by atoms with Crippen molar-refractivity contribution in [2.24, 2.45) is 5.92 Å². The number of hydrogen-bond acceptors (Lipinski definition) is 2. The summed E-state index contributed by atoms with van der Waals surface area (Å²) in [5, 5.41) is 8.48. The molecule has 0 fully saturated rings. The van der Waals surface area contributed by atoms with E-state index in [1.165, 1.54) is 0 Å². The van der Waals surface area contributed by atoms with Gasteiger partial charge in [0, 0.05) is 12.3 Å². The molecule has 0 radical (unpaired) electrons. The van der Waals surface area contributed by atoms with Gasteiger partial charge < -0.3 is 9.90 Å². The molecular weight excluding hydrogens is 240 g/mol. The van der Waals surface area contributed by atoms with Crippen molar-refractivity contribution >= 4 is 12.3 Å². The summed E-state index contributed by atoms with van der Waals surface area (Å²) in [5.74, 6) is -0.503. The number of aldehydes is 1. The van der Waals surface area contributed by atoms with Crippen molar-refractivity contribution in [3.8, 4) is 0 Å². The molecule has 0 rings (SSSR count). The Balaban J connectivity index is 3.33. The summed E-state index contributed by atoms with van der Waals surface area (Å²) in [6, 6.07) is 0. The van der Waals surface area contributed by atoms with Crippen LogP contribution in [0.2, 0.25) is 0 Å². The zero-order valence-corrected chi connectivity index (χ0v) is 12.1. The monoisotopic (exact) mass is 268 g/mol. The zero-order valence-electron chi connectivity index (χ0n) is 12.1. The number of carbonyl (C=O) groups is 2. The Hall–Kier alpha value is -1.12. The molecule has 19 heavy (non-hydrogen) atoms. The van der Waals surface area contributed by atoms with Crippen LogP contribution in [0.1, 0.15) is 71.1 Å². The molecule has 1 N–H and O–H groups in total. The molecular formula is C16H28O3. The minimum atomic E-state index is -0.695. The van der Waals surface area contributed by atoms with Crippen LogP contribution in [0.25, 0.3) is 0 Å². The number of allylic oxidation sites excluding steroid dienone is 2. The first-order chi connectivity index (χ1) is 9.20. The van der Waals surface area contributed by atoms with Crippen molar-refractivity contribution in [2.45, 2.75) is 71.1 Å². The Kier molecular flexibility index (Phi) is 12.5. The van der Waals surface area contributed by atoms with Gasteiger partial charge in [0.1, 0.15) is 6.29 Å². The third-order valence-corrected chi connectivity index (χ3v) is 3.22. The molecule has 110 valence electrons. The second kappa shape index (κ2) is 13.3. The molecule has 0 bridgehead atoms. The Morgan fingerprint density at radius 1 is 1.11 bits per heavy atom. The van der Waals surface area contributed by atoms with E-state index in [0.29, 0.717) is 6.42 Å². The largest absolute Gasteiger partial charge is 0.481 e. The number of carboxylic acid groups (broad SMARTS) is 1. The van der Waals surface area contributed by atoms with Gasteiger partial charge in [-0.15, -0.1) is 0 Å². The molecule has 3 heteroatoms. The van der Waals surface area contributed by atoms with Crippen LogP contribution in [0.3, 0.4) is 0 Å². The number of carboxylic acids is 1. The van der Waals surface area contributed by atoms with Gasteiger partial charge in [0.15, 0.2) is 0 Å². The van der Waals surface area contributed by atoms with E-state index in [1.807, 2.05) is 0 Å². The Bertz CT molecular complexity index is 259. The number of unbranched alkanes of at least 4 members (excludes halogenated alkanes) is 5. The maximum Gasteiger partial charge on any atom is 0.303 e. The normalized spacial score (nSPS) is 12.7. The van der Waals surface area contributed by atoms with Gasteiger partial charge in [-0.05, 0) is 32.1 Å². The van der Waals surface area contributed by atoms with Crippen LogP contribution < -0.4 is 0 Å². The Labute approximate surface area is 117 Å². The van der Waals surface area contributed by atoms with Crippen LogP contribution in [0.4, 0.5) is 0 Å². The molecule has 0 heterocycles. The highest BCUT2D eigenvalue weighted by atomic mass is 16.4. The topological polar surface area (TPSA) is 54.4 Å². The van der Waals surface area contributed by atoms with Crippen LogP contribution in [-0.2, 0) is 9.59 Å². The number of rotatable bonds is 13. The van der Waals surface area contributed by atoms with Crippen LogP contribution in [0.15, 0.2) is 12.2 Å². The molecule has 0 aromatic heterocycles. The van der Waals surface area contributed by atoms with Gasteiger partial charge in [-0.2, -0.15) is 0 Å². The molecule has 0 saturated carbocycles. The van der Waals surface area contributed by atoms with E-state index >= 15 is 0 Å². The first-order valence-electron chi connectivity index (χ1n) is 7.52.